The lowest BCUT2D eigenvalue weighted by Gasteiger charge is -2.43. The number of aryl methyl sites for hydroxylation is 1. The van der Waals surface area contributed by atoms with Crippen LogP contribution in [0.5, 0.6) is 0 Å². The molecule has 2 aliphatic heterocycles. The Labute approximate surface area is 133 Å². The molecule has 0 saturated carbocycles. The molecule has 0 aromatic carbocycles. The molecule has 0 radical (unpaired) electrons. The fourth-order valence-electron chi connectivity index (χ4n) is 3.50. The molecular weight excluding hydrogens is 311 g/mol. The number of aromatic nitrogens is 2. The van der Waals surface area contributed by atoms with E-state index in [9.17, 15) is 18.3 Å². The van der Waals surface area contributed by atoms with E-state index in [-0.39, 0.29) is 12.0 Å². The number of hydrogen-bond acceptors (Lipinski definition) is 4. The van der Waals surface area contributed by atoms with Gasteiger partial charge in [0.05, 0.1) is 25.2 Å². The van der Waals surface area contributed by atoms with Crippen LogP contribution >= 0.6 is 0 Å². The molecule has 2 aliphatic rings. The average molecular weight is 333 g/mol. The predicted molar refractivity (Wildman–Crippen MR) is 76.9 cm³/mol. The minimum atomic E-state index is -4.38. The molecule has 23 heavy (non-hydrogen) atoms. The fourth-order valence-corrected chi connectivity index (χ4v) is 3.50. The zero-order valence-corrected chi connectivity index (χ0v) is 13.1. The van der Waals surface area contributed by atoms with Gasteiger partial charge in [-0.25, -0.2) is 4.98 Å². The van der Waals surface area contributed by atoms with Crippen LogP contribution < -0.4 is 0 Å². The van der Waals surface area contributed by atoms with E-state index < -0.39 is 11.9 Å². The SMILES string of the molecule is CN(C[C@@H]1CCc2nc(C(F)(F)F)cn2C1)CC1(CO)COC1. The average Bonchev–Trinajstić information content (AvgIpc) is 2.86. The second kappa shape index (κ2) is 6.07. The van der Waals surface area contributed by atoms with Crippen molar-refractivity contribution in [2.75, 3.05) is 40.0 Å². The molecule has 0 unspecified atom stereocenters. The number of aliphatic hydroxyl groups is 1. The molecule has 1 saturated heterocycles. The fraction of sp³-hybridized carbons (Fsp3) is 0.800. The first-order valence-corrected chi connectivity index (χ1v) is 7.82. The zero-order chi connectivity index (χ0) is 16.7. The van der Waals surface area contributed by atoms with Gasteiger partial charge in [-0.05, 0) is 19.4 Å². The lowest BCUT2D eigenvalue weighted by Crippen LogP contribution is -2.53. The zero-order valence-electron chi connectivity index (χ0n) is 13.1. The third-order valence-electron chi connectivity index (χ3n) is 4.71. The van der Waals surface area contributed by atoms with E-state index in [1.165, 1.54) is 0 Å². The molecule has 3 heterocycles. The van der Waals surface area contributed by atoms with Crippen LogP contribution in [0.4, 0.5) is 13.2 Å². The largest absolute Gasteiger partial charge is 0.434 e. The van der Waals surface area contributed by atoms with Gasteiger partial charge in [0.2, 0.25) is 0 Å². The summed E-state index contributed by atoms with van der Waals surface area (Å²) < 4.78 is 45.0. The second-order valence-corrected chi connectivity index (χ2v) is 6.94. The Morgan fingerprint density at radius 3 is 2.78 bits per heavy atom. The van der Waals surface area contributed by atoms with Gasteiger partial charge < -0.3 is 19.3 Å². The topological polar surface area (TPSA) is 50.5 Å². The molecule has 5 nitrogen and oxygen atoms in total. The van der Waals surface area contributed by atoms with E-state index in [1.807, 2.05) is 7.05 Å². The Hall–Kier alpha value is -1.12. The standard InChI is InChI=1S/C15H22F3N3O2/c1-20(7-14(8-22)9-23-10-14)4-11-2-3-13-19-12(15(16,17)18)6-21(13)5-11/h6,11,22H,2-5,7-10H2,1H3/t11-/m0/s1. The van der Waals surface area contributed by atoms with Crippen LogP contribution in [0.3, 0.4) is 0 Å². The van der Waals surface area contributed by atoms with Gasteiger partial charge in [-0.1, -0.05) is 0 Å². The number of rotatable bonds is 5. The van der Waals surface area contributed by atoms with Crippen molar-refractivity contribution in [1.82, 2.24) is 14.5 Å². The third kappa shape index (κ3) is 3.54. The molecule has 1 aromatic rings. The molecule has 0 spiro atoms. The molecule has 0 amide bonds. The van der Waals surface area contributed by atoms with Gasteiger partial charge in [0, 0.05) is 32.3 Å². The van der Waals surface area contributed by atoms with E-state index in [2.05, 4.69) is 9.88 Å². The Kier molecular flexibility index (Phi) is 4.41. The highest BCUT2D eigenvalue weighted by atomic mass is 19.4. The molecule has 0 bridgehead atoms. The number of aliphatic hydroxyl groups excluding tert-OH is 1. The molecule has 130 valence electrons. The summed E-state index contributed by atoms with van der Waals surface area (Å²) >= 11 is 0. The molecule has 1 fully saturated rings. The van der Waals surface area contributed by atoms with Gasteiger partial charge in [-0.3, -0.25) is 0 Å². The maximum Gasteiger partial charge on any atom is 0.434 e. The van der Waals surface area contributed by atoms with E-state index in [0.29, 0.717) is 37.9 Å². The van der Waals surface area contributed by atoms with Crippen LogP contribution in [-0.2, 0) is 23.9 Å². The summed E-state index contributed by atoms with van der Waals surface area (Å²) in [5, 5.41) is 9.47. The smallest absolute Gasteiger partial charge is 0.396 e. The Balaban J connectivity index is 1.58. The van der Waals surface area contributed by atoms with Crippen molar-refractivity contribution < 1.29 is 23.0 Å². The molecule has 0 aliphatic carbocycles. The highest BCUT2D eigenvalue weighted by molar-refractivity contribution is 5.10. The summed E-state index contributed by atoms with van der Waals surface area (Å²) in [7, 11) is 1.99. The quantitative estimate of drug-likeness (QED) is 0.885. The lowest BCUT2D eigenvalue weighted by atomic mass is 9.86. The first-order chi connectivity index (χ1) is 10.8. The Morgan fingerprint density at radius 2 is 2.22 bits per heavy atom. The maximum atomic E-state index is 12.7. The summed E-state index contributed by atoms with van der Waals surface area (Å²) in [5.74, 6) is 0.815. The van der Waals surface area contributed by atoms with E-state index in [1.54, 1.807) is 4.57 Å². The summed E-state index contributed by atoms with van der Waals surface area (Å²) in [6.07, 6.45) is -1.85. The third-order valence-corrected chi connectivity index (χ3v) is 4.71. The van der Waals surface area contributed by atoms with Crippen molar-refractivity contribution in [3.05, 3.63) is 17.7 Å². The van der Waals surface area contributed by atoms with Crippen LogP contribution in [0.1, 0.15) is 17.9 Å². The lowest BCUT2D eigenvalue weighted by molar-refractivity contribution is -0.147. The molecule has 3 rings (SSSR count). The summed E-state index contributed by atoms with van der Waals surface area (Å²) in [6, 6.07) is 0. The van der Waals surface area contributed by atoms with Crippen LogP contribution in [-0.4, -0.2) is 59.5 Å². The number of imidazole rings is 1. The highest BCUT2D eigenvalue weighted by Crippen LogP contribution is 2.31. The molecular formula is C15H22F3N3O2. The summed E-state index contributed by atoms with van der Waals surface area (Å²) in [4.78, 5) is 5.85. The number of fused-ring (bicyclic) bond motifs is 1. The summed E-state index contributed by atoms with van der Waals surface area (Å²) in [5.41, 5.74) is -0.972. The normalized spacial score (nSPS) is 23.7. The minimum absolute atomic E-state index is 0.0998. The molecule has 1 N–H and O–H groups in total. The Morgan fingerprint density at radius 1 is 1.48 bits per heavy atom. The monoisotopic (exact) mass is 333 g/mol. The minimum Gasteiger partial charge on any atom is -0.396 e. The van der Waals surface area contributed by atoms with Crippen molar-refractivity contribution in [2.24, 2.45) is 11.3 Å². The number of alkyl halides is 3. The van der Waals surface area contributed by atoms with Crippen molar-refractivity contribution in [3.8, 4) is 0 Å². The number of hydrogen-bond donors (Lipinski definition) is 1. The van der Waals surface area contributed by atoms with E-state index in [4.69, 9.17) is 4.74 Å². The summed E-state index contributed by atoms with van der Waals surface area (Å²) in [6.45, 7) is 3.33. The van der Waals surface area contributed by atoms with Gasteiger partial charge in [-0.15, -0.1) is 0 Å². The predicted octanol–water partition coefficient (Wildman–Crippen LogP) is 1.41. The number of ether oxygens (including phenoxy) is 1. The van der Waals surface area contributed by atoms with Crippen LogP contribution in [0, 0.1) is 11.3 Å². The molecule has 1 aromatic heterocycles. The van der Waals surface area contributed by atoms with Crippen molar-refractivity contribution in [3.63, 3.8) is 0 Å². The van der Waals surface area contributed by atoms with Gasteiger partial charge >= 0.3 is 6.18 Å². The first kappa shape index (κ1) is 16.7. The second-order valence-electron chi connectivity index (χ2n) is 6.94. The molecule has 1 atom stereocenters. The van der Waals surface area contributed by atoms with Crippen LogP contribution in [0.2, 0.25) is 0 Å². The van der Waals surface area contributed by atoms with Crippen molar-refractivity contribution >= 4 is 0 Å². The van der Waals surface area contributed by atoms with Crippen LogP contribution in [0.25, 0.3) is 0 Å². The van der Waals surface area contributed by atoms with Gasteiger partial charge in [0.15, 0.2) is 5.69 Å². The van der Waals surface area contributed by atoms with Crippen LogP contribution in [0.15, 0.2) is 6.20 Å². The van der Waals surface area contributed by atoms with Gasteiger partial charge in [0.25, 0.3) is 0 Å². The van der Waals surface area contributed by atoms with Crippen molar-refractivity contribution in [1.29, 1.82) is 0 Å². The Bertz CT molecular complexity index is 549. The number of halogens is 3. The molecule has 8 heteroatoms. The van der Waals surface area contributed by atoms with Crippen molar-refractivity contribution in [2.45, 2.75) is 25.6 Å². The first-order valence-electron chi connectivity index (χ1n) is 7.82. The maximum absolute atomic E-state index is 12.7. The number of nitrogens with zero attached hydrogens (tertiary/aromatic N) is 3. The van der Waals surface area contributed by atoms with E-state index >= 15 is 0 Å². The van der Waals surface area contributed by atoms with Gasteiger partial charge in [0.1, 0.15) is 5.82 Å². The highest BCUT2D eigenvalue weighted by Gasteiger charge is 2.39. The van der Waals surface area contributed by atoms with E-state index in [0.717, 1.165) is 25.7 Å². The van der Waals surface area contributed by atoms with Gasteiger partial charge in [-0.2, -0.15) is 13.2 Å².